The fourth-order valence-corrected chi connectivity index (χ4v) is 4.40. The van der Waals surface area contributed by atoms with Crippen LogP contribution in [0, 0.1) is 17.4 Å². The molecule has 2 rings (SSSR count). The fourth-order valence-electron chi connectivity index (χ4n) is 2.27. The summed E-state index contributed by atoms with van der Waals surface area (Å²) in [6.45, 7) is 3.65. The van der Waals surface area contributed by atoms with Gasteiger partial charge in [-0.2, -0.15) is 0 Å². The van der Waals surface area contributed by atoms with Gasteiger partial charge in [-0.15, -0.1) is 0 Å². The van der Waals surface area contributed by atoms with Crippen molar-refractivity contribution < 1.29 is 0 Å². The first-order valence-corrected chi connectivity index (χ1v) is 8.79. The Morgan fingerprint density at radius 1 is 0.565 bits per heavy atom. The van der Waals surface area contributed by atoms with Gasteiger partial charge in [0.15, 0.2) is 0 Å². The van der Waals surface area contributed by atoms with Crippen molar-refractivity contribution in [3.05, 3.63) is 14.7 Å². The van der Waals surface area contributed by atoms with Gasteiger partial charge in [-0.25, -0.2) is 0 Å². The zero-order chi connectivity index (χ0) is 17.6. The minimum absolute atomic E-state index is 0.00557. The normalized spacial score (nSPS) is 11.4. The third-order valence-corrected chi connectivity index (χ3v) is 6.94. The predicted molar refractivity (Wildman–Crippen MR) is 114 cm³/mol. The molecule has 124 valence electrons. The summed E-state index contributed by atoms with van der Waals surface area (Å²) >= 11 is 2.15. The van der Waals surface area contributed by atoms with Gasteiger partial charge in [0.25, 0.3) is 0 Å². The Labute approximate surface area is 150 Å². The lowest BCUT2D eigenvalue weighted by Crippen LogP contribution is -2.23. The van der Waals surface area contributed by atoms with Crippen LogP contribution in [0.25, 0.3) is 0 Å². The fraction of sp³-hybridized carbons (Fsp3) is 0.143. The van der Waals surface area contributed by atoms with E-state index in [2.05, 4.69) is 22.6 Å². The smallest absolute Gasteiger partial charge is 0.0651 e. The lowest BCUT2D eigenvalue weighted by molar-refractivity contribution is 1.44. The molecule has 0 fully saturated rings. The van der Waals surface area contributed by atoms with Crippen LogP contribution in [-0.4, -0.2) is 0 Å². The Morgan fingerprint density at radius 3 is 1.35 bits per heavy atom. The van der Waals surface area contributed by atoms with Crippen LogP contribution >= 0.6 is 31.2 Å². The Hall–Kier alpha value is -1.80. The van der Waals surface area contributed by atoms with Crippen LogP contribution in [0.15, 0.2) is 0 Å². The quantitative estimate of drug-likeness (QED) is 0.201. The van der Waals surface area contributed by atoms with E-state index in [1.807, 2.05) is 6.92 Å². The molecular weight excluding hydrogens is 424 g/mol. The largest absolute Gasteiger partial charge is 0.397 e. The zero-order valence-corrected chi connectivity index (χ0v) is 16.1. The summed E-state index contributed by atoms with van der Waals surface area (Å²) < 4.78 is 0.863. The minimum Gasteiger partial charge on any atom is -0.397 e. The molecule has 14 N–H and O–H groups in total. The zero-order valence-electron chi connectivity index (χ0n) is 12.9. The molecule has 7 nitrogen and oxygen atoms in total. The molecule has 0 spiro atoms. The van der Waals surface area contributed by atoms with Crippen LogP contribution in [0.2, 0.25) is 0 Å². The maximum Gasteiger partial charge on any atom is 0.0651 e. The molecule has 23 heavy (non-hydrogen) atoms. The van der Waals surface area contributed by atoms with E-state index in [1.165, 1.54) is 0 Å². The number of nitrogen functional groups attached to an aromatic ring is 7. The van der Waals surface area contributed by atoms with Gasteiger partial charge in [0.05, 0.1) is 39.8 Å². The number of rotatable bonds is 2. The molecule has 0 heterocycles. The summed E-state index contributed by atoms with van der Waals surface area (Å²) in [5.41, 5.74) is 47.5. The van der Waals surface area contributed by atoms with Gasteiger partial charge in [-0.3, -0.25) is 0 Å². The second-order valence-electron chi connectivity index (χ2n) is 5.33. The van der Waals surface area contributed by atoms with Gasteiger partial charge in [-0.1, -0.05) is 0 Å². The van der Waals surface area contributed by atoms with E-state index in [-0.39, 0.29) is 8.58 Å². The average molecular weight is 445 g/mol. The Balaban J connectivity index is 2.71. The van der Waals surface area contributed by atoms with E-state index < -0.39 is 0 Å². The van der Waals surface area contributed by atoms with Crippen LogP contribution < -0.4 is 50.7 Å². The van der Waals surface area contributed by atoms with Crippen LogP contribution in [-0.2, 0) is 0 Å². The summed E-state index contributed by atoms with van der Waals surface area (Å²) in [6, 6.07) is 0. The highest BCUT2D eigenvalue weighted by molar-refractivity contribution is 14.1. The van der Waals surface area contributed by atoms with Crippen molar-refractivity contribution in [2.75, 3.05) is 40.1 Å². The maximum absolute atomic E-state index is 6.23. The maximum atomic E-state index is 6.23. The molecule has 0 aliphatic rings. The molecule has 0 amide bonds. The summed E-state index contributed by atoms with van der Waals surface area (Å²) in [5.74, 6) is 0. The first-order chi connectivity index (χ1) is 10.6. The molecule has 9 heteroatoms. The third kappa shape index (κ3) is 2.66. The molecule has 0 radical (unpaired) electrons. The van der Waals surface area contributed by atoms with Gasteiger partial charge >= 0.3 is 0 Å². The van der Waals surface area contributed by atoms with Crippen LogP contribution in [0.3, 0.4) is 0 Å². The number of anilines is 7. The second kappa shape index (κ2) is 6.01. The molecule has 2 aromatic rings. The Bertz CT molecular complexity index is 694. The summed E-state index contributed by atoms with van der Waals surface area (Å²) in [6.07, 6.45) is 0. The first kappa shape index (κ1) is 17.6. The van der Waals surface area contributed by atoms with E-state index in [9.17, 15) is 0 Å². The first-order valence-electron chi connectivity index (χ1n) is 6.71. The molecule has 1 atom stereocenters. The number of hydrogen-bond acceptors (Lipinski definition) is 7. The van der Waals surface area contributed by atoms with Gasteiger partial charge in [-0.05, 0) is 56.1 Å². The highest BCUT2D eigenvalue weighted by atomic mass is 127. The molecule has 0 aliphatic heterocycles. The van der Waals surface area contributed by atoms with Crippen LogP contribution in [0.4, 0.5) is 39.8 Å². The summed E-state index contributed by atoms with van der Waals surface area (Å²) in [4.78, 5) is 0. The predicted octanol–water partition coefficient (Wildman–Crippen LogP) is 0.613. The number of nitrogens with two attached hydrogens (primary N) is 7. The molecule has 0 aliphatic carbocycles. The van der Waals surface area contributed by atoms with Crippen molar-refractivity contribution in [1.82, 2.24) is 0 Å². The van der Waals surface area contributed by atoms with Crippen molar-refractivity contribution >= 4 is 81.6 Å². The molecular formula is C14H21IN7P. The average Bonchev–Trinajstić information content (AvgIpc) is 2.54. The third-order valence-electron chi connectivity index (χ3n) is 3.98. The molecule has 0 bridgehead atoms. The van der Waals surface area contributed by atoms with E-state index >= 15 is 0 Å². The second-order valence-corrected chi connectivity index (χ2v) is 7.66. The van der Waals surface area contributed by atoms with E-state index in [0.29, 0.717) is 56.0 Å². The topological polar surface area (TPSA) is 182 Å². The Morgan fingerprint density at radius 2 is 0.913 bits per heavy atom. The van der Waals surface area contributed by atoms with E-state index in [0.717, 1.165) is 9.13 Å². The Kier molecular flexibility index (Phi) is 4.59. The summed E-state index contributed by atoms with van der Waals surface area (Å²) in [7, 11) is 0.00557. The minimum atomic E-state index is 0.00557. The lowest BCUT2D eigenvalue weighted by atomic mass is 10.1. The van der Waals surface area contributed by atoms with Crippen molar-refractivity contribution in [3.8, 4) is 0 Å². The highest BCUT2D eigenvalue weighted by Crippen LogP contribution is 2.38. The van der Waals surface area contributed by atoms with Crippen molar-refractivity contribution in [3.63, 3.8) is 0 Å². The lowest BCUT2D eigenvalue weighted by Gasteiger charge is -2.20. The SMILES string of the molecule is Cc1c(N)c(N)c(Pc2c(N)c(N)c(C)c(I)c2N)c(N)c1N. The van der Waals surface area contributed by atoms with Crippen LogP contribution in [0.5, 0.6) is 0 Å². The van der Waals surface area contributed by atoms with Crippen molar-refractivity contribution in [1.29, 1.82) is 0 Å². The van der Waals surface area contributed by atoms with E-state index in [4.69, 9.17) is 40.1 Å². The standard InChI is InChI=1S/C14H21IN7P/c1-3-5(15)9(19)13(10(20)6(3)16)23-14-11(21)7(17)4(2)8(18)12(14)22/h23H,16-22H2,1-2H3. The molecule has 2 aromatic carbocycles. The number of hydrogen-bond donors (Lipinski definition) is 7. The number of benzene rings is 2. The van der Waals surface area contributed by atoms with Gasteiger partial charge in [0.2, 0.25) is 0 Å². The van der Waals surface area contributed by atoms with Crippen molar-refractivity contribution in [2.24, 2.45) is 0 Å². The molecule has 0 saturated heterocycles. The van der Waals surface area contributed by atoms with Gasteiger partial charge in [0, 0.05) is 14.2 Å². The number of halogens is 1. The molecule has 1 unspecified atom stereocenters. The van der Waals surface area contributed by atoms with Gasteiger partial charge in [0.1, 0.15) is 0 Å². The molecule has 0 saturated carbocycles. The molecule has 0 aromatic heterocycles. The van der Waals surface area contributed by atoms with Gasteiger partial charge < -0.3 is 40.1 Å². The van der Waals surface area contributed by atoms with E-state index in [1.54, 1.807) is 6.92 Å². The summed E-state index contributed by atoms with van der Waals surface area (Å²) in [5, 5.41) is 1.35. The van der Waals surface area contributed by atoms with Crippen LogP contribution in [0.1, 0.15) is 11.1 Å². The monoisotopic (exact) mass is 445 g/mol. The van der Waals surface area contributed by atoms with Crippen molar-refractivity contribution in [2.45, 2.75) is 13.8 Å². The highest BCUT2D eigenvalue weighted by Gasteiger charge is 2.20.